The SMILES string of the molecule is COc1ccccc1NC(=O)Cc1noc(-c2ccc[nH]c2=O)n1. The maximum absolute atomic E-state index is 12.1. The third-order valence-electron chi connectivity index (χ3n) is 3.22. The molecule has 24 heavy (non-hydrogen) atoms. The molecule has 0 atom stereocenters. The van der Waals surface area contributed by atoms with Crippen molar-refractivity contribution in [1.82, 2.24) is 15.1 Å². The predicted octanol–water partition coefficient (Wildman–Crippen LogP) is 1.61. The van der Waals surface area contributed by atoms with Crippen molar-refractivity contribution in [1.29, 1.82) is 0 Å². The minimum absolute atomic E-state index is 0.0666. The Bertz CT molecular complexity index is 916. The highest BCUT2D eigenvalue weighted by Gasteiger charge is 2.15. The lowest BCUT2D eigenvalue weighted by Crippen LogP contribution is -2.15. The molecule has 2 aromatic heterocycles. The van der Waals surface area contributed by atoms with Gasteiger partial charge in [0.15, 0.2) is 5.82 Å². The third kappa shape index (κ3) is 3.32. The van der Waals surface area contributed by atoms with E-state index in [2.05, 4.69) is 20.4 Å². The maximum atomic E-state index is 12.1. The highest BCUT2D eigenvalue weighted by Crippen LogP contribution is 2.23. The summed E-state index contributed by atoms with van der Waals surface area (Å²) in [7, 11) is 1.52. The molecule has 8 nitrogen and oxygen atoms in total. The van der Waals surface area contributed by atoms with Gasteiger partial charge in [0.05, 0.1) is 19.2 Å². The Kier molecular flexibility index (Phi) is 4.37. The number of methoxy groups -OCH3 is 1. The van der Waals surface area contributed by atoms with E-state index in [0.717, 1.165) is 0 Å². The third-order valence-corrected chi connectivity index (χ3v) is 3.22. The van der Waals surface area contributed by atoms with E-state index in [0.29, 0.717) is 11.4 Å². The summed E-state index contributed by atoms with van der Waals surface area (Å²) in [5, 5.41) is 6.44. The minimum atomic E-state index is -0.342. The van der Waals surface area contributed by atoms with E-state index in [1.807, 2.05) is 0 Å². The van der Waals surface area contributed by atoms with Gasteiger partial charge < -0.3 is 19.6 Å². The molecule has 0 aliphatic heterocycles. The van der Waals surface area contributed by atoms with Crippen LogP contribution in [0.25, 0.3) is 11.5 Å². The summed E-state index contributed by atoms with van der Waals surface area (Å²) in [5.41, 5.74) is 0.459. The molecule has 3 aromatic rings. The van der Waals surface area contributed by atoms with E-state index in [9.17, 15) is 9.59 Å². The van der Waals surface area contributed by atoms with E-state index in [-0.39, 0.29) is 35.2 Å². The molecule has 2 heterocycles. The summed E-state index contributed by atoms with van der Waals surface area (Å²) in [6.45, 7) is 0. The molecular formula is C16H14N4O4. The summed E-state index contributed by atoms with van der Waals surface area (Å²) in [4.78, 5) is 30.4. The second-order valence-electron chi connectivity index (χ2n) is 4.85. The maximum Gasteiger partial charge on any atom is 0.263 e. The molecule has 3 rings (SSSR count). The zero-order chi connectivity index (χ0) is 16.9. The van der Waals surface area contributed by atoms with Crippen molar-refractivity contribution in [3.63, 3.8) is 0 Å². The van der Waals surface area contributed by atoms with Crippen LogP contribution in [0.4, 0.5) is 5.69 Å². The number of para-hydroxylation sites is 2. The quantitative estimate of drug-likeness (QED) is 0.737. The molecule has 0 radical (unpaired) electrons. The number of H-pyrrole nitrogens is 1. The monoisotopic (exact) mass is 326 g/mol. The molecule has 0 aliphatic carbocycles. The molecule has 0 saturated heterocycles. The Labute approximate surface area is 136 Å². The number of anilines is 1. The number of nitrogens with zero attached hydrogens (tertiary/aromatic N) is 2. The summed E-state index contributed by atoms with van der Waals surface area (Å²) in [6.07, 6.45) is 1.41. The summed E-state index contributed by atoms with van der Waals surface area (Å²) in [5.74, 6) is 0.474. The van der Waals surface area contributed by atoms with Gasteiger partial charge in [-0.25, -0.2) is 0 Å². The topological polar surface area (TPSA) is 110 Å². The highest BCUT2D eigenvalue weighted by molar-refractivity contribution is 5.93. The average Bonchev–Trinajstić information content (AvgIpc) is 3.04. The van der Waals surface area contributed by atoms with Crippen molar-refractivity contribution in [2.24, 2.45) is 0 Å². The number of aromatic nitrogens is 3. The first-order valence-corrected chi connectivity index (χ1v) is 7.11. The molecule has 0 spiro atoms. The fourth-order valence-electron chi connectivity index (χ4n) is 2.11. The lowest BCUT2D eigenvalue weighted by Gasteiger charge is -2.08. The van der Waals surface area contributed by atoms with E-state index >= 15 is 0 Å². The van der Waals surface area contributed by atoms with Crippen molar-refractivity contribution < 1.29 is 14.1 Å². The molecule has 8 heteroatoms. The second-order valence-corrected chi connectivity index (χ2v) is 4.85. The molecule has 0 fully saturated rings. The molecule has 1 aromatic carbocycles. The minimum Gasteiger partial charge on any atom is -0.495 e. The van der Waals surface area contributed by atoms with Crippen LogP contribution < -0.4 is 15.6 Å². The fraction of sp³-hybridized carbons (Fsp3) is 0.125. The fourth-order valence-corrected chi connectivity index (χ4v) is 2.11. The van der Waals surface area contributed by atoms with Gasteiger partial charge in [0.2, 0.25) is 5.91 Å². The summed E-state index contributed by atoms with van der Waals surface area (Å²) < 4.78 is 10.2. The van der Waals surface area contributed by atoms with Crippen LogP contribution in [0.2, 0.25) is 0 Å². The van der Waals surface area contributed by atoms with E-state index in [1.54, 1.807) is 36.4 Å². The first-order valence-electron chi connectivity index (χ1n) is 7.11. The van der Waals surface area contributed by atoms with E-state index < -0.39 is 0 Å². The number of nitrogens with one attached hydrogen (secondary N) is 2. The van der Waals surface area contributed by atoms with Gasteiger partial charge in [-0.15, -0.1) is 0 Å². The number of rotatable bonds is 5. The number of hydrogen-bond donors (Lipinski definition) is 2. The van der Waals surface area contributed by atoms with Crippen molar-refractivity contribution in [3.8, 4) is 17.2 Å². The number of hydrogen-bond acceptors (Lipinski definition) is 6. The van der Waals surface area contributed by atoms with Gasteiger partial charge in [-0.2, -0.15) is 4.98 Å². The predicted molar refractivity (Wildman–Crippen MR) is 85.7 cm³/mol. The zero-order valence-corrected chi connectivity index (χ0v) is 12.8. The molecule has 0 bridgehead atoms. The number of ether oxygens (including phenoxy) is 1. The van der Waals surface area contributed by atoms with Gasteiger partial charge in [-0.05, 0) is 24.3 Å². The van der Waals surface area contributed by atoms with Crippen LogP contribution in [0.15, 0.2) is 51.9 Å². The number of carbonyl (C=O) groups excluding carboxylic acids is 1. The van der Waals surface area contributed by atoms with Gasteiger partial charge in [-0.1, -0.05) is 17.3 Å². The molecule has 122 valence electrons. The zero-order valence-electron chi connectivity index (χ0n) is 12.8. The Hall–Kier alpha value is -3.42. The Morgan fingerprint density at radius 2 is 2.12 bits per heavy atom. The summed E-state index contributed by atoms with van der Waals surface area (Å²) >= 11 is 0. The highest BCUT2D eigenvalue weighted by atomic mass is 16.5. The average molecular weight is 326 g/mol. The normalized spacial score (nSPS) is 10.4. The Balaban J connectivity index is 1.72. The Morgan fingerprint density at radius 1 is 1.29 bits per heavy atom. The van der Waals surface area contributed by atoms with Gasteiger partial charge in [0.25, 0.3) is 11.4 Å². The smallest absolute Gasteiger partial charge is 0.263 e. The van der Waals surface area contributed by atoms with Gasteiger partial charge >= 0.3 is 0 Å². The summed E-state index contributed by atoms with van der Waals surface area (Å²) in [6, 6.07) is 10.3. The van der Waals surface area contributed by atoms with E-state index in [4.69, 9.17) is 9.26 Å². The van der Waals surface area contributed by atoms with Gasteiger partial charge in [0.1, 0.15) is 11.3 Å². The van der Waals surface area contributed by atoms with Crippen molar-refractivity contribution in [2.45, 2.75) is 6.42 Å². The van der Waals surface area contributed by atoms with Crippen LogP contribution in [0.3, 0.4) is 0 Å². The molecule has 0 saturated carbocycles. The molecule has 0 unspecified atom stereocenters. The molecular weight excluding hydrogens is 312 g/mol. The van der Waals surface area contributed by atoms with Gasteiger partial charge in [0, 0.05) is 6.20 Å². The Morgan fingerprint density at radius 3 is 2.92 bits per heavy atom. The van der Waals surface area contributed by atoms with Crippen molar-refractivity contribution in [3.05, 3.63) is 58.8 Å². The molecule has 2 N–H and O–H groups in total. The van der Waals surface area contributed by atoms with Crippen LogP contribution in [0, 0.1) is 0 Å². The van der Waals surface area contributed by atoms with E-state index in [1.165, 1.54) is 13.3 Å². The molecule has 0 aliphatic rings. The number of pyridine rings is 1. The number of carbonyl (C=O) groups is 1. The second kappa shape index (κ2) is 6.78. The molecule has 1 amide bonds. The first kappa shape index (κ1) is 15.5. The number of aromatic amines is 1. The van der Waals surface area contributed by atoms with Crippen LogP contribution in [-0.2, 0) is 11.2 Å². The number of amides is 1. The van der Waals surface area contributed by atoms with Gasteiger partial charge in [-0.3, -0.25) is 9.59 Å². The standard InChI is InChI=1S/C16H14N4O4/c1-23-12-7-3-2-6-11(12)18-14(21)9-13-19-16(24-20-13)10-5-4-8-17-15(10)22/h2-8H,9H2,1H3,(H,17,22)(H,18,21). The van der Waals surface area contributed by atoms with Crippen LogP contribution in [0.1, 0.15) is 5.82 Å². The van der Waals surface area contributed by atoms with Crippen molar-refractivity contribution >= 4 is 11.6 Å². The van der Waals surface area contributed by atoms with Crippen LogP contribution in [0.5, 0.6) is 5.75 Å². The van der Waals surface area contributed by atoms with Crippen LogP contribution in [-0.4, -0.2) is 28.1 Å². The number of benzene rings is 1. The first-order chi connectivity index (χ1) is 11.7. The lowest BCUT2D eigenvalue weighted by molar-refractivity contribution is -0.115. The largest absolute Gasteiger partial charge is 0.495 e. The van der Waals surface area contributed by atoms with Crippen LogP contribution >= 0.6 is 0 Å². The lowest BCUT2D eigenvalue weighted by atomic mass is 10.2. The van der Waals surface area contributed by atoms with Crippen molar-refractivity contribution in [2.75, 3.05) is 12.4 Å².